The zero-order valence-corrected chi connectivity index (χ0v) is 20.6. The first-order valence-electron chi connectivity index (χ1n) is 13.3. The molecule has 202 valence electrons. The van der Waals surface area contributed by atoms with Crippen LogP contribution in [0.1, 0.15) is 28.2 Å². The van der Waals surface area contributed by atoms with Gasteiger partial charge in [-0.3, -0.25) is 14.3 Å². The average molecular weight is 549 g/mol. The lowest BCUT2D eigenvalue weighted by Crippen LogP contribution is -2.39. The third-order valence-corrected chi connectivity index (χ3v) is 6.76. The SMILES string of the molecule is [2H]C([2H])([2H])NC(=O)Oc1nc(-c2cnn(C)c2-c2c(F)cc3c(c2C#N)OC2(CC2)C(=O)N3)cc2c(CN)n[nH]c(=O)c12. The van der Waals surface area contributed by atoms with Gasteiger partial charge in [-0.2, -0.15) is 15.5 Å². The molecule has 14 nitrogen and oxygen atoms in total. The van der Waals surface area contributed by atoms with E-state index in [0.717, 1.165) is 6.07 Å². The van der Waals surface area contributed by atoms with Gasteiger partial charge in [0.2, 0.25) is 5.88 Å². The number of amides is 2. The van der Waals surface area contributed by atoms with Crippen molar-refractivity contribution in [2.45, 2.75) is 25.0 Å². The van der Waals surface area contributed by atoms with E-state index in [9.17, 15) is 19.6 Å². The maximum atomic E-state index is 15.8. The first-order valence-corrected chi connectivity index (χ1v) is 11.8. The van der Waals surface area contributed by atoms with Crippen LogP contribution in [0.2, 0.25) is 0 Å². The van der Waals surface area contributed by atoms with E-state index in [1.54, 1.807) is 5.32 Å². The number of halogens is 1. The average Bonchev–Trinajstić information content (AvgIpc) is 3.61. The summed E-state index contributed by atoms with van der Waals surface area (Å²) in [4.78, 5) is 41.9. The smallest absolute Gasteiger partial charge is 0.413 e. The minimum atomic E-state index is -2.91. The molecule has 5 N–H and O–H groups in total. The van der Waals surface area contributed by atoms with E-state index >= 15 is 4.39 Å². The molecule has 0 unspecified atom stereocenters. The number of fused-ring (bicyclic) bond motifs is 2. The van der Waals surface area contributed by atoms with Crippen molar-refractivity contribution < 1.29 is 27.6 Å². The number of nitrogens with two attached hydrogens (primary N) is 1. The molecule has 0 atom stereocenters. The molecule has 1 aliphatic heterocycles. The Hall–Kier alpha value is -5.36. The first-order chi connectivity index (χ1) is 20.4. The lowest BCUT2D eigenvalue weighted by Gasteiger charge is -2.27. The number of hydrogen-bond donors (Lipinski definition) is 4. The lowest BCUT2D eigenvalue weighted by molar-refractivity contribution is -0.125. The number of hydrogen-bond acceptors (Lipinski definition) is 10. The number of rotatable bonds is 4. The fraction of sp³-hybridized carbons (Fsp3) is 0.240. The Morgan fingerprint density at radius 3 is 2.92 bits per heavy atom. The number of nitriles is 1. The maximum absolute atomic E-state index is 15.8. The first kappa shape index (κ1) is 21.6. The van der Waals surface area contributed by atoms with Gasteiger partial charge in [0.05, 0.1) is 34.5 Å². The van der Waals surface area contributed by atoms with Crippen LogP contribution < -0.4 is 31.4 Å². The number of ether oxygens (including phenoxy) is 2. The quantitative estimate of drug-likeness (QED) is 0.289. The van der Waals surface area contributed by atoms with Crippen LogP contribution >= 0.6 is 0 Å². The van der Waals surface area contributed by atoms with Crippen molar-refractivity contribution >= 4 is 28.5 Å². The van der Waals surface area contributed by atoms with Crippen LogP contribution in [0.25, 0.3) is 33.3 Å². The highest BCUT2D eigenvalue weighted by Gasteiger charge is 2.56. The van der Waals surface area contributed by atoms with Gasteiger partial charge in [-0.05, 0) is 6.07 Å². The fourth-order valence-corrected chi connectivity index (χ4v) is 4.69. The number of aryl methyl sites for hydroxylation is 1. The zero-order valence-electron chi connectivity index (χ0n) is 23.6. The van der Waals surface area contributed by atoms with Gasteiger partial charge in [-0.1, -0.05) is 0 Å². The summed E-state index contributed by atoms with van der Waals surface area (Å²) in [7, 11) is 1.49. The second kappa shape index (κ2) is 8.85. The van der Waals surface area contributed by atoms with Crippen LogP contribution in [0.4, 0.5) is 14.9 Å². The van der Waals surface area contributed by atoms with Crippen molar-refractivity contribution in [3.8, 4) is 40.2 Å². The van der Waals surface area contributed by atoms with E-state index in [2.05, 4.69) is 25.6 Å². The summed E-state index contributed by atoms with van der Waals surface area (Å²) in [6.45, 7) is -3.07. The number of nitrogens with one attached hydrogen (secondary N) is 3. The Balaban J connectivity index is 1.57. The summed E-state index contributed by atoms with van der Waals surface area (Å²) < 4.78 is 50.0. The third-order valence-electron chi connectivity index (χ3n) is 6.76. The molecule has 4 heterocycles. The van der Waals surface area contributed by atoms with Crippen LogP contribution in [0, 0.1) is 17.1 Å². The summed E-state index contributed by atoms with van der Waals surface area (Å²) in [5, 5.41) is 24.6. The molecule has 0 radical (unpaired) electrons. The van der Waals surface area contributed by atoms with Crippen LogP contribution in [0.3, 0.4) is 0 Å². The highest BCUT2D eigenvalue weighted by Crippen LogP contribution is 2.51. The van der Waals surface area contributed by atoms with Gasteiger partial charge < -0.3 is 25.8 Å². The van der Waals surface area contributed by atoms with E-state index in [-0.39, 0.29) is 62.5 Å². The monoisotopic (exact) mass is 548 g/mol. The second-order valence-corrected chi connectivity index (χ2v) is 9.13. The topological polar surface area (TPSA) is 203 Å². The largest absolute Gasteiger partial charge is 0.474 e. The Bertz CT molecular complexity index is 1980. The second-order valence-electron chi connectivity index (χ2n) is 9.13. The van der Waals surface area contributed by atoms with Crippen molar-refractivity contribution in [1.29, 1.82) is 5.26 Å². The summed E-state index contributed by atoms with van der Waals surface area (Å²) >= 11 is 0. The molecule has 1 aliphatic carbocycles. The Morgan fingerprint density at radius 1 is 1.43 bits per heavy atom. The van der Waals surface area contributed by atoms with Gasteiger partial charge in [0, 0.05) is 54.5 Å². The molecule has 0 bridgehead atoms. The van der Waals surface area contributed by atoms with Crippen molar-refractivity contribution in [2.75, 3.05) is 12.3 Å². The third kappa shape index (κ3) is 3.65. The normalized spacial score (nSPS) is 16.1. The molecule has 1 aromatic carbocycles. The zero-order chi connectivity index (χ0) is 30.8. The highest BCUT2D eigenvalue weighted by atomic mass is 19.1. The molecular formula is C25H20FN9O5. The fourth-order valence-electron chi connectivity index (χ4n) is 4.69. The number of aromatic nitrogens is 5. The number of H-pyrrole nitrogens is 1. The number of aromatic amines is 1. The molecule has 40 heavy (non-hydrogen) atoms. The van der Waals surface area contributed by atoms with Crippen LogP contribution in [0.5, 0.6) is 11.6 Å². The standard InChI is InChI=1S/C25H20FN9O5/c1-29-24(38)39-22-18-10(16(8-28)33-34-21(18)36)5-14(31-22)12-9-30-35(2)19(12)17-11(7-27)20-15(6-13(17)26)32-23(37)25(40-20)3-4-25/h5-6,9H,3-4,8,28H2,1-2H3,(H,29,38)(H,32,37)(H,34,36)/i1D3. The number of anilines is 1. The summed E-state index contributed by atoms with van der Waals surface area (Å²) in [5.74, 6) is -1.89. The van der Waals surface area contributed by atoms with E-state index < -0.39 is 41.8 Å². The molecule has 1 fully saturated rings. The Labute approximate surface area is 228 Å². The predicted octanol–water partition coefficient (Wildman–Crippen LogP) is 1.44. The highest BCUT2D eigenvalue weighted by molar-refractivity contribution is 6.04. The lowest BCUT2D eigenvalue weighted by atomic mass is 9.96. The van der Waals surface area contributed by atoms with E-state index in [0.29, 0.717) is 12.8 Å². The minimum absolute atomic E-state index is 0.00105. The van der Waals surface area contributed by atoms with E-state index in [4.69, 9.17) is 19.3 Å². The van der Waals surface area contributed by atoms with Crippen molar-refractivity contribution in [2.24, 2.45) is 12.8 Å². The molecule has 1 saturated carbocycles. The van der Waals surface area contributed by atoms with Gasteiger partial charge in [0.25, 0.3) is 11.5 Å². The molecule has 6 rings (SSSR count). The van der Waals surface area contributed by atoms with E-state index in [1.807, 2.05) is 6.07 Å². The minimum Gasteiger partial charge on any atom is -0.474 e. The molecular weight excluding hydrogens is 525 g/mol. The van der Waals surface area contributed by atoms with Crippen LogP contribution in [-0.4, -0.2) is 49.5 Å². The van der Waals surface area contributed by atoms with Crippen LogP contribution in [-0.2, 0) is 18.4 Å². The molecule has 4 aromatic rings. The maximum Gasteiger partial charge on any atom is 0.413 e. The summed E-state index contributed by atoms with van der Waals surface area (Å²) in [6.07, 6.45) is 0.748. The number of nitrogens with zero attached hydrogens (tertiary/aromatic N) is 5. The molecule has 15 heteroatoms. The van der Waals surface area contributed by atoms with Crippen molar-refractivity contribution in [1.82, 2.24) is 30.3 Å². The predicted molar refractivity (Wildman–Crippen MR) is 137 cm³/mol. The number of pyridine rings is 1. The molecule has 0 saturated heterocycles. The molecule has 1 spiro atoms. The number of carbonyl (C=O) groups excluding carboxylic acids is 2. The number of benzene rings is 1. The van der Waals surface area contributed by atoms with Crippen molar-refractivity contribution in [3.05, 3.63) is 45.8 Å². The molecule has 2 aliphatic rings. The summed E-state index contributed by atoms with van der Waals surface area (Å²) in [6, 6.07) is 4.40. The van der Waals surface area contributed by atoms with Crippen LogP contribution in [0.15, 0.2) is 23.1 Å². The summed E-state index contributed by atoms with van der Waals surface area (Å²) in [5.41, 5.74) is 3.82. The Kier molecular flexibility index (Phi) is 4.77. The van der Waals surface area contributed by atoms with Gasteiger partial charge >= 0.3 is 6.09 Å². The molecule has 2 amide bonds. The van der Waals surface area contributed by atoms with Gasteiger partial charge in [-0.15, -0.1) is 0 Å². The van der Waals surface area contributed by atoms with E-state index in [1.165, 1.54) is 24.0 Å². The molecule has 3 aromatic heterocycles. The van der Waals surface area contributed by atoms with Gasteiger partial charge in [0.15, 0.2) is 11.4 Å². The van der Waals surface area contributed by atoms with Crippen molar-refractivity contribution in [3.63, 3.8) is 0 Å². The number of carbonyl (C=O) groups is 2. The van der Waals surface area contributed by atoms with Gasteiger partial charge in [0.1, 0.15) is 22.8 Å². The Morgan fingerprint density at radius 2 is 2.23 bits per heavy atom. The van der Waals surface area contributed by atoms with Gasteiger partial charge in [-0.25, -0.2) is 19.3 Å².